The molecule has 2 rings (SSSR count). The quantitative estimate of drug-likeness (QED) is 0.798. The molecule has 2 heterocycles. The van der Waals surface area contributed by atoms with Crippen LogP contribution in [0.25, 0.3) is 0 Å². The minimum Gasteiger partial charge on any atom is -0.381 e. The van der Waals surface area contributed by atoms with Gasteiger partial charge in [-0.3, -0.25) is 0 Å². The summed E-state index contributed by atoms with van der Waals surface area (Å²) in [5, 5.41) is 5.69. The summed E-state index contributed by atoms with van der Waals surface area (Å²) in [5.74, 6) is 0. The van der Waals surface area contributed by atoms with Crippen molar-refractivity contribution < 1.29 is 4.74 Å². The predicted octanol–water partition coefficient (Wildman–Crippen LogP) is 2.63. The zero-order valence-corrected chi connectivity index (χ0v) is 13.7. The molecule has 0 saturated carbocycles. The molecule has 1 atom stereocenters. The number of hydrogen-bond donors (Lipinski definition) is 1. The van der Waals surface area contributed by atoms with E-state index in [-0.39, 0.29) is 0 Å². The van der Waals surface area contributed by atoms with Crippen LogP contribution in [0.2, 0.25) is 0 Å². The van der Waals surface area contributed by atoms with Gasteiger partial charge in [0.2, 0.25) is 0 Å². The minimum absolute atomic E-state index is 0.304. The van der Waals surface area contributed by atoms with Crippen LogP contribution in [0.1, 0.15) is 24.6 Å². The lowest BCUT2D eigenvalue weighted by Crippen LogP contribution is -2.48. The summed E-state index contributed by atoms with van der Waals surface area (Å²) in [6, 6.07) is 4.37. The normalized spacial score (nSPS) is 23.4. The molecule has 0 bridgehead atoms. The number of nitrogens with zero attached hydrogens (tertiary/aromatic N) is 1. The third-order valence-corrected chi connectivity index (χ3v) is 5.02. The first-order valence-corrected chi connectivity index (χ1v) is 8.61. The van der Waals surface area contributed by atoms with Gasteiger partial charge in [0, 0.05) is 36.5 Å². The molecule has 1 aromatic heterocycles. The fraction of sp³-hybridized carbons (Fsp3) is 0.750. The Morgan fingerprint density at radius 2 is 2.40 bits per heavy atom. The van der Waals surface area contributed by atoms with Crippen molar-refractivity contribution in [2.75, 3.05) is 46.4 Å². The van der Waals surface area contributed by atoms with Crippen molar-refractivity contribution in [2.45, 2.75) is 26.2 Å². The second kappa shape index (κ2) is 8.13. The maximum atomic E-state index is 5.77. The highest BCUT2D eigenvalue weighted by molar-refractivity contribution is 7.09. The summed E-state index contributed by atoms with van der Waals surface area (Å²) in [7, 11) is 2.25. The molecule has 0 aromatic carbocycles. The number of thiophene rings is 1. The van der Waals surface area contributed by atoms with E-state index in [9.17, 15) is 0 Å². The first kappa shape index (κ1) is 16.0. The molecule has 1 aromatic rings. The molecule has 1 aliphatic rings. The van der Waals surface area contributed by atoms with Gasteiger partial charge in [-0.15, -0.1) is 11.3 Å². The van der Waals surface area contributed by atoms with E-state index in [1.165, 1.54) is 17.7 Å². The second-order valence-electron chi connectivity index (χ2n) is 6.00. The number of likely N-dealkylation sites (N-methyl/N-ethyl adjacent to an activating group) is 1. The van der Waals surface area contributed by atoms with Gasteiger partial charge in [0.15, 0.2) is 0 Å². The smallest absolute Gasteiger partial charge is 0.0546 e. The van der Waals surface area contributed by atoms with Crippen molar-refractivity contribution >= 4 is 11.3 Å². The van der Waals surface area contributed by atoms with E-state index in [2.05, 4.69) is 41.7 Å². The van der Waals surface area contributed by atoms with Gasteiger partial charge in [0.25, 0.3) is 0 Å². The van der Waals surface area contributed by atoms with E-state index in [0.29, 0.717) is 5.41 Å². The van der Waals surface area contributed by atoms with Crippen LogP contribution in [0.4, 0.5) is 0 Å². The molecule has 1 aliphatic heterocycles. The molecule has 1 saturated heterocycles. The van der Waals surface area contributed by atoms with Crippen molar-refractivity contribution in [3.05, 3.63) is 22.4 Å². The third kappa shape index (κ3) is 4.85. The topological polar surface area (TPSA) is 24.5 Å². The summed E-state index contributed by atoms with van der Waals surface area (Å²) in [6.07, 6.45) is 3.64. The second-order valence-corrected chi connectivity index (χ2v) is 7.04. The highest BCUT2D eigenvalue weighted by Crippen LogP contribution is 2.29. The Hall–Kier alpha value is -0.420. The molecular weight excluding hydrogens is 268 g/mol. The molecule has 0 amide bonds. The van der Waals surface area contributed by atoms with Crippen molar-refractivity contribution in [3.8, 4) is 0 Å². The standard InChI is InChI=1S/C16H28N2OS/c1-3-17-12-16(8-5-10-19-14-16)13-18(2)9-7-15-6-4-11-20-15/h4,6,11,17H,3,5,7-10,12-14H2,1-2H3. The molecule has 114 valence electrons. The predicted molar refractivity (Wildman–Crippen MR) is 86.5 cm³/mol. The van der Waals surface area contributed by atoms with Crippen LogP contribution >= 0.6 is 11.3 Å². The van der Waals surface area contributed by atoms with Gasteiger partial charge in [0.05, 0.1) is 6.61 Å². The maximum Gasteiger partial charge on any atom is 0.0546 e. The van der Waals surface area contributed by atoms with Crippen LogP contribution < -0.4 is 5.32 Å². The Bertz CT molecular complexity index is 361. The molecule has 0 spiro atoms. The van der Waals surface area contributed by atoms with E-state index in [1.54, 1.807) is 0 Å². The fourth-order valence-corrected chi connectivity index (χ4v) is 3.73. The van der Waals surface area contributed by atoms with Crippen molar-refractivity contribution in [2.24, 2.45) is 5.41 Å². The summed E-state index contributed by atoms with van der Waals surface area (Å²) in [6.45, 7) is 8.40. The van der Waals surface area contributed by atoms with Gasteiger partial charge in [-0.25, -0.2) is 0 Å². The zero-order valence-electron chi connectivity index (χ0n) is 12.9. The summed E-state index contributed by atoms with van der Waals surface area (Å²) >= 11 is 1.86. The van der Waals surface area contributed by atoms with Crippen LogP contribution in [0.15, 0.2) is 17.5 Å². The SMILES string of the molecule is CCNCC1(CN(C)CCc2cccs2)CCCOC1. The van der Waals surface area contributed by atoms with Crippen LogP contribution in [-0.4, -0.2) is 51.3 Å². The average Bonchev–Trinajstić information content (AvgIpc) is 2.97. The van der Waals surface area contributed by atoms with Crippen molar-refractivity contribution in [3.63, 3.8) is 0 Å². The van der Waals surface area contributed by atoms with Crippen LogP contribution in [-0.2, 0) is 11.2 Å². The lowest BCUT2D eigenvalue weighted by Gasteiger charge is -2.40. The summed E-state index contributed by atoms with van der Waals surface area (Å²) in [4.78, 5) is 3.96. The molecule has 1 unspecified atom stereocenters. The average molecular weight is 296 g/mol. The van der Waals surface area contributed by atoms with E-state index in [4.69, 9.17) is 4.74 Å². The summed E-state index contributed by atoms with van der Waals surface area (Å²) < 4.78 is 5.77. The van der Waals surface area contributed by atoms with Gasteiger partial charge < -0.3 is 15.0 Å². The molecular formula is C16H28N2OS. The number of hydrogen-bond acceptors (Lipinski definition) is 4. The lowest BCUT2D eigenvalue weighted by atomic mass is 9.81. The number of rotatable bonds is 8. The Morgan fingerprint density at radius 3 is 3.05 bits per heavy atom. The summed E-state index contributed by atoms with van der Waals surface area (Å²) in [5.41, 5.74) is 0.304. The van der Waals surface area contributed by atoms with Gasteiger partial charge in [-0.05, 0) is 44.3 Å². The first-order chi connectivity index (χ1) is 9.74. The van der Waals surface area contributed by atoms with Gasteiger partial charge in [-0.2, -0.15) is 0 Å². The van der Waals surface area contributed by atoms with Crippen molar-refractivity contribution in [1.29, 1.82) is 0 Å². The van der Waals surface area contributed by atoms with Gasteiger partial charge >= 0.3 is 0 Å². The highest BCUT2D eigenvalue weighted by Gasteiger charge is 2.33. The molecule has 1 N–H and O–H groups in total. The maximum absolute atomic E-state index is 5.77. The van der Waals surface area contributed by atoms with E-state index < -0.39 is 0 Å². The van der Waals surface area contributed by atoms with Crippen LogP contribution in [0, 0.1) is 5.41 Å². The Morgan fingerprint density at radius 1 is 1.50 bits per heavy atom. The van der Waals surface area contributed by atoms with Crippen molar-refractivity contribution in [1.82, 2.24) is 10.2 Å². The van der Waals surface area contributed by atoms with Crippen LogP contribution in [0.5, 0.6) is 0 Å². The Kier molecular flexibility index (Phi) is 6.49. The number of ether oxygens (including phenoxy) is 1. The van der Waals surface area contributed by atoms with E-state index >= 15 is 0 Å². The van der Waals surface area contributed by atoms with Gasteiger partial charge in [-0.1, -0.05) is 13.0 Å². The first-order valence-electron chi connectivity index (χ1n) is 7.73. The number of nitrogens with one attached hydrogen (secondary N) is 1. The molecule has 3 nitrogen and oxygen atoms in total. The Labute approximate surface area is 127 Å². The molecule has 0 radical (unpaired) electrons. The fourth-order valence-electron chi connectivity index (χ4n) is 3.03. The largest absolute Gasteiger partial charge is 0.381 e. The minimum atomic E-state index is 0.304. The van der Waals surface area contributed by atoms with E-state index in [1.807, 2.05) is 11.3 Å². The molecule has 4 heteroatoms. The molecule has 1 fully saturated rings. The lowest BCUT2D eigenvalue weighted by molar-refractivity contribution is -0.0222. The van der Waals surface area contributed by atoms with Crippen LogP contribution in [0.3, 0.4) is 0 Å². The monoisotopic (exact) mass is 296 g/mol. The highest BCUT2D eigenvalue weighted by atomic mass is 32.1. The molecule has 20 heavy (non-hydrogen) atoms. The molecule has 0 aliphatic carbocycles. The Balaban J connectivity index is 1.82. The third-order valence-electron chi connectivity index (χ3n) is 4.08. The van der Waals surface area contributed by atoms with Gasteiger partial charge in [0.1, 0.15) is 0 Å². The zero-order chi connectivity index (χ0) is 14.3. The van der Waals surface area contributed by atoms with E-state index in [0.717, 1.165) is 45.8 Å².